The Balaban J connectivity index is 1.61. The van der Waals surface area contributed by atoms with Crippen LogP contribution in [-0.2, 0) is 6.54 Å². The number of nitrogens with one attached hydrogen (secondary N) is 1. The third-order valence-electron chi connectivity index (χ3n) is 3.76. The standard InChI is InChI=1S/C16H21N5O/c1-10-9-14(19-15(18-10)13-4-5-13)16(22)17-6-7-21-12(3)8-11(2)20-21/h8-9,13H,4-7H2,1-3H3,(H,17,22). The van der Waals surface area contributed by atoms with Crippen molar-refractivity contribution in [3.8, 4) is 0 Å². The molecule has 0 saturated heterocycles. The summed E-state index contributed by atoms with van der Waals surface area (Å²) >= 11 is 0. The molecule has 6 nitrogen and oxygen atoms in total. The molecule has 1 aliphatic rings. The second-order valence-corrected chi connectivity index (χ2v) is 5.93. The fourth-order valence-corrected chi connectivity index (χ4v) is 2.50. The molecule has 1 saturated carbocycles. The molecule has 2 heterocycles. The molecule has 1 amide bonds. The highest BCUT2D eigenvalue weighted by Crippen LogP contribution is 2.37. The number of hydrogen-bond donors (Lipinski definition) is 1. The summed E-state index contributed by atoms with van der Waals surface area (Å²) in [6, 6.07) is 3.77. The van der Waals surface area contributed by atoms with Crippen molar-refractivity contribution in [3.05, 3.63) is 40.7 Å². The minimum Gasteiger partial charge on any atom is -0.349 e. The van der Waals surface area contributed by atoms with E-state index in [-0.39, 0.29) is 5.91 Å². The Morgan fingerprint density at radius 2 is 2.00 bits per heavy atom. The Labute approximate surface area is 130 Å². The number of carbonyl (C=O) groups excluding carboxylic acids is 1. The number of amides is 1. The van der Waals surface area contributed by atoms with Crippen LogP contribution in [0.3, 0.4) is 0 Å². The van der Waals surface area contributed by atoms with E-state index in [0.29, 0.717) is 24.7 Å². The lowest BCUT2D eigenvalue weighted by Gasteiger charge is -2.08. The van der Waals surface area contributed by atoms with Gasteiger partial charge >= 0.3 is 0 Å². The molecule has 0 atom stereocenters. The van der Waals surface area contributed by atoms with Gasteiger partial charge in [0, 0.05) is 23.9 Å². The lowest BCUT2D eigenvalue weighted by molar-refractivity contribution is 0.0946. The summed E-state index contributed by atoms with van der Waals surface area (Å²) in [5, 5.41) is 7.29. The van der Waals surface area contributed by atoms with Crippen molar-refractivity contribution in [2.45, 2.75) is 46.1 Å². The molecule has 0 unspecified atom stereocenters. The highest BCUT2D eigenvalue weighted by atomic mass is 16.1. The Kier molecular flexibility index (Phi) is 3.92. The largest absolute Gasteiger partial charge is 0.349 e. The Hall–Kier alpha value is -2.24. The van der Waals surface area contributed by atoms with Gasteiger partial charge in [-0.2, -0.15) is 5.10 Å². The van der Waals surface area contributed by atoms with Crippen LogP contribution in [0.1, 0.15) is 52.2 Å². The van der Waals surface area contributed by atoms with Gasteiger partial charge in [0.15, 0.2) is 0 Å². The number of aryl methyl sites for hydroxylation is 3. The SMILES string of the molecule is Cc1cc(C(=O)NCCn2nc(C)cc2C)nc(C2CC2)n1. The van der Waals surface area contributed by atoms with Crippen molar-refractivity contribution < 1.29 is 4.79 Å². The van der Waals surface area contributed by atoms with Gasteiger partial charge in [0.25, 0.3) is 5.91 Å². The van der Waals surface area contributed by atoms with E-state index in [1.54, 1.807) is 6.07 Å². The van der Waals surface area contributed by atoms with Crippen LogP contribution in [0.15, 0.2) is 12.1 Å². The van der Waals surface area contributed by atoms with Crippen molar-refractivity contribution in [1.82, 2.24) is 25.1 Å². The summed E-state index contributed by atoms with van der Waals surface area (Å²) in [6.45, 7) is 7.07. The normalized spacial score (nSPS) is 14.1. The zero-order valence-electron chi connectivity index (χ0n) is 13.3. The van der Waals surface area contributed by atoms with Crippen LogP contribution in [0.25, 0.3) is 0 Å². The molecule has 2 aromatic heterocycles. The van der Waals surface area contributed by atoms with Crippen LogP contribution in [0.4, 0.5) is 0 Å². The van der Waals surface area contributed by atoms with E-state index in [1.807, 2.05) is 31.5 Å². The van der Waals surface area contributed by atoms with Crippen molar-refractivity contribution >= 4 is 5.91 Å². The van der Waals surface area contributed by atoms with Crippen LogP contribution in [0, 0.1) is 20.8 Å². The van der Waals surface area contributed by atoms with Crippen molar-refractivity contribution in [2.75, 3.05) is 6.54 Å². The summed E-state index contributed by atoms with van der Waals surface area (Å²) in [5.41, 5.74) is 3.40. The van der Waals surface area contributed by atoms with E-state index in [2.05, 4.69) is 20.4 Å². The molecular weight excluding hydrogens is 278 g/mol. The van der Waals surface area contributed by atoms with Gasteiger partial charge in [-0.15, -0.1) is 0 Å². The monoisotopic (exact) mass is 299 g/mol. The van der Waals surface area contributed by atoms with Crippen molar-refractivity contribution in [3.63, 3.8) is 0 Å². The van der Waals surface area contributed by atoms with E-state index in [1.165, 1.54) is 0 Å². The smallest absolute Gasteiger partial charge is 0.270 e. The van der Waals surface area contributed by atoms with E-state index in [0.717, 1.165) is 35.7 Å². The highest BCUT2D eigenvalue weighted by molar-refractivity contribution is 5.92. The summed E-state index contributed by atoms with van der Waals surface area (Å²) in [6.07, 6.45) is 2.25. The molecule has 1 N–H and O–H groups in total. The van der Waals surface area contributed by atoms with Gasteiger partial charge in [-0.1, -0.05) is 0 Å². The van der Waals surface area contributed by atoms with Crippen LogP contribution in [0.2, 0.25) is 0 Å². The predicted octanol–water partition coefficient (Wildman–Crippen LogP) is 1.91. The van der Waals surface area contributed by atoms with Gasteiger partial charge in [-0.3, -0.25) is 9.48 Å². The molecule has 116 valence electrons. The van der Waals surface area contributed by atoms with Crippen molar-refractivity contribution in [2.24, 2.45) is 0 Å². The molecule has 0 spiro atoms. The fraction of sp³-hybridized carbons (Fsp3) is 0.500. The number of aromatic nitrogens is 4. The van der Waals surface area contributed by atoms with E-state index in [9.17, 15) is 4.79 Å². The molecule has 0 radical (unpaired) electrons. The maximum absolute atomic E-state index is 12.2. The maximum Gasteiger partial charge on any atom is 0.270 e. The predicted molar refractivity (Wildman–Crippen MR) is 82.8 cm³/mol. The first-order valence-electron chi connectivity index (χ1n) is 7.68. The second-order valence-electron chi connectivity index (χ2n) is 5.93. The average Bonchev–Trinajstić information content (AvgIpc) is 3.25. The minimum atomic E-state index is -0.145. The molecule has 6 heteroatoms. The lowest BCUT2D eigenvalue weighted by atomic mass is 10.3. The fourth-order valence-electron chi connectivity index (χ4n) is 2.50. The maximum atomic E-state index is 12.2. The van der Waals surface area contributed by atoms with Gasteiger partial charge in [0.1, 0.15) is 11.5 Å². The zero-order valence-corrected chi connectivity index (χ0v) is 13.3. The molecule has 22 heavy (non-hydrogen) atoms. The third-order valence-corrected chi connectivity index (χ3v) is 3.76. The number of rotatable bonds is 5. The summed E-state index contributed by atoms with van der Waals surface area (Å²) < 4.78 is 1.90. The lowest BCUT2D eigenvalue weighted by Crippen LogP contribution is -2.29. The number of hydrogen-bond acceptors (Lipinski definition) is 4. The van der Waals surface area contributed by atoms with Crippen LogP contribution in [0.5, 0.6) is 0 Å². The van der Waals surface area contributed by atoms with Gasteiger partial charge in [0.2, 0.25) is 0 Å². The summed E-state index contributed by atoms with van der Waals surface area (Å²) in [5.74, 6) is 1.11. The summed E-state index contributed by atoms with van der Waals surface area (Å²) in [4.78, 5) is 21.1. The first-order chi connectivity index (χ1) is 10.5. The molecule has 3 rings (SSSR count). The topological polar surface area (TPSA) is 72.7 Å². The average molecular weight is 299 g/mol. The first kappa shape index (κ1) is 14.7. The zero-order chi connectivity index (χ0) is 15.7. The Morgan fingerprint density at radius 3 is 2.64 bits per heavy atom. The molecular formula is C16H21N5O. The molecule has 0 aliphatic heterocycles. The molecule has 0 bridgehead atoms. The Bertz CT molecular complexity index is 703. The first-order valence-corrected chi connectivity index (χ1v) is 7.68. The van der Waals surface area contributed by atoms with Gasteiger partial charge < -0.3 is 5.32 Å². The molecule has 1 fully saturated rings. The number of carbonyl (C=O) groups is 1. The van der Waals surface area contributed by atoms with Gasteiger partial charge in [-0.05, 0) is 45.7 Å². The minimum absolute atomic E-state index is 0.145. The summed E-state index contributed by atoms with van der Waals surface area (Å²) in [7, 11) is 0. The third kappa shape index (κ3) is 3.32. The van der Waals surface area contributed by atoms with Crippen LogP contribution >= 0.6 is 0 Å². The molecule has 1 aliphatic carbocycles. The van der Waals surface area contributed by atoms with Gasteiger partial charge in [-0.25, -0.2) is 9.97 Å². The van der Waals surface area contributed by atoms with E-state index >= 15 is 0 Å². The number of nitrogens with zero attached hydrogens (tertiary/aromatic N) is 4. The quantitative estimate of drug-likeness (QED) is 0.915. The van der Waals surface area contributed by atoms with E-state index in [4.69, 9.17) is 0 Å². The van der Waals surface area contributed by atoms with Gasteiger partial charge in [0.05, 0.1) is 12.2 Å². The van der Waals surface area contributed by atoms with E-state index < -0.39 is 0 Å². The second kappa shape index (κ2) is 5.87. The van der Waals surface area contributed by atoms with Crippen LogP contribution < -0.4 is 5.32 Å². The molecule has 2 aromatic rings. The highest BCUT2D eigenvalue weighted by Gasteiger charge is 2.27. The molecule has 0 aromatic carbocycles. The van der Waals surface area contributed by atoms with Crippen LogP contribution in [-0.4, -0.2) is 32.2 Å². The Morgan fingerprint density at radius 1 is 1.23 bits per heavy atom. The van der Waals surface area contributed by atoms with Crippen molar-refractivity contribution in [1.29, 1.82) is 0 Å².